The first kappa shape index (κ1) is 25.2. The first-order valence-electron chi connectivity index (χ1n) is 11.6. The smallest absolute Gasteiger partial charge is 0.271 e. The summed E-state index contributed by atoms with van der Waals surface area (Å²) in [7, 11) is 0. The van der Waals surface area contributed by atoms with Crippen LogP contribution in [-0.2, 0) is 6.42 Å². The van der Waals surface area contributed by atoms with Crippen molar-refractivity contribution in [2.75, 3.05) is 18.4 Å². The van der Waals surface area contributed by atoms with E-state index in [0.717, 1.165) is 16.6 Å². The number of anilines is 1. The molecule has 3 heterocycles. The predicted octanol–water partition coefficient (Wildman–Crippen LogP) is 4.43. The predicted molar refractivity (Wildman–Crippen MR) is 139 cm³/mol. The van der Waals surface area contributed by atoms with Crippen LogP contribution in [-0.4, -0.2) is 39.9 Å². The van der Waals surface area contributed by atoms with Crippen LogP contribution in [0.1, 0.15) is 56.7 Å². The lowest BCUT2D eigenvalue weighted by Gasteiger charge is -2.15. The molecule has 0 bridgehead atoms. The SMILES string of the molecule is CCNC(=O)c1ccc(CCNC(=O)c2nc(N[C@@H](C)c3cncc(F)c3)nc3cc(C)sc23)cc1. The topological polar surface area (TPSA) is 109 Å². The van der Waals surface area contributed by atoms with Gasteiger partial charge in [0, 0.05) is 29.7 Å². The van der Waals surface area contributed by atoms with Crippen molar-refractivity contribution >= 4 is 39.3 Å². The highest BCUT2D eigenvalue weighted by atomic mass is 32.1. The fourth-order valence-corrected chi connectivity index (χ4v) is 4.64. The molecule has 36 heavy (non-hydrogen) atoms. The first-order valence-corrected chi connectivity index (χ1v) is 12.5. The highest BCUT2D eigenvalue weighted by molar-refractivity contribution is 7.19. The van der Waals surface area contributed by atoms with Gasteiger partial charge in [-0.15, -0.1) is 11.3 Å². The van der Waals surface area contributed by atoms with Crippen molar-refractivity contribution in [3.8, 4) is 0 Å². The van der Waals surface area contributed by atoms with E-state index in [0.29, 0.717) is 40.9 Å². The molecule has 0 spiro atoms. The third kappa shape index (κ3) is 6.01. The van der Waals surface area contributed by atoms with Crippen LogP contribution in [0.2, 0.25) is 0 Å². The van der Waals surface area contributed by atoms with Crippen LogP contribution >= 0.6 is 11.3 Å². The second kappa shape index (κ2) is 11.2. The molecule has 10 heteroatoms. The van der Waals surface area contributed by atoms with Crippen molar-refractivity contribution in [1.29, 1.82) is 0 Å². The van der Waals surface area contributed by atoms with E-state index in [9.17, 15) is 14.0 Å². The number of carbonyl (C=O) groups is 2. The lowest BCUT2D eigenvalue weighted by molar-refractivity contribution is 0.0945. The summed E-state index contributed by atoms with van der Waals surface area (Å²) in [5.74, 6) is -0.553. The molecular formula is C26H27FN6O2S. The maximum Gasteiger partial charge on any atom is 0.271 e. The second-order valence-electron chi connectivity index (χ2n) is 8.33. The molecule has 1 aromatic carbocycles. The van der Waals surface area contributed by atoms with E-state index in [1.54, 1.807) is 18.3 Å². The number of nitrogens with zero attached hydrogens (tertiary/aromatic N) is 3. The molecule has 186 valence electrons. The number of pyridine rings is 1. The van der Waals surface area contributed by atoms with Crippen molar-refractivity contribution < 1.29 is 14.0 Å². The number of amides is 2. The fraction of sp³-hybridized carbons (Fsp3) is 0.269. The van der Waals surface area contributed by atoms with E-state index in [4.69, 9.17) is 0 Å². The normalized spacial score (nSPS) is 11.8. The Bertz CT molecular complexity index is 1390. The quantitative estimate of drug-likeness (QED) is 0.310. The minimum atomic E-state index is -0.426. The summed E-state index contributed by atoms with van der Waals surface area (Å²) in [5, 5.41) is 8.86. The minimum absolute atomic E-state index is 0.108. The Morgan fingerprint density at radius 3 is 2.56 bits per heavy atom. The third-order valence-corrected chi connectivity index (χ3v) is 6.58. The van der Waals surface area contributed by atoms with E-state index in [2.05, 4.69) is 30.9 Å². The van der Waals surface area contributed by atoms with Gasteiger partial charge in [0.1, 0.15) is 5.82 Å². The minimum Gasteiger partial charge on any atom is -0.352 e. The van der Waals surface area contributed by atoms with Crippen molar-refractivity contribution in [3.05, 3.63) is 81.9 Å². The maximum atomic E-state index is 13.6. The molecule has 4 aromatic rings. The lowest BCUT2D eigenvalue weighted by Crippen LogP contribution is -2.27. The molecule has 0 aliphatic rings. The number of carbonyl (C=O) groups excluding carboxylic acids is 2. The lowest BCUT2D eigenvalue weighted by atomic mass is 10.1. The van der Waals surface area contributed by atoms with Gasteiger partial charge in [-0.05, 0) is 62.6 Å². The van der Waals surface area contributed by atoms with Crippen molar-refractivity contribution in [3.63, 3.8) is 0 Å². The second-order valence-corrected chi connectivity index (χ2v) is 9.59. The Kier molecular flexibility index (Phi) is 7.84. The Labute approximate surface area is 212 Å². The summed E-state index contributed by atoms with van der Waals surface area (Å²) in [6.07, 6.45) is 3.32. The molecule has 3 aromatic heterocycles. The van der Waals surface area contributed by atoms with Crippen LogP contribution in [0.5, 0.6) is 0 Å². The van der Waals surface area contributed by atoms with Gasteiger partial charge in [-0.1, -0.05) is 12.1 Å². The molecule has 0 unspecified atom stereocenters. The largest absolute Gasteiger partial charge is 0.352 e. The van der Waals surface area contributed by atoms with Gasteiger partial charge in [-0.2, -0.15) is 0 Å². The van der Waals surface area contributed by atoms with Crippen LogP contribution in [0.25, 0.3) is 10.2 Å². The number of thiophene rings is 1. The van der Waals surface area contributed by atoms with Gasteiger partial charge in [0.15, 0.2) is 5.69 Å². The molecule has 0 fully saturated rings. The van der Waals surface area contributed by atoms with Gasteiger partial charge in [0.25, 0.3) is 11.8 Å². The van der Waals surface area contributed by atoms with E-state index in [-0.39, 0.29) is 29.5 Å². The van der Waals surface area contributed by atoms with Gasteiger partial charge >= 0.3 is 0 Å². The number of aryl methyl sites for hydroxylation is 1. The van der Waals surface area contributed by atoms with Crippen LogP contribution in [0.3, 0.4) is 0 Å². The molecule has 3 N–H and O–H groups in total. The van der Waals surface area contributed by atoms with E-state index in [1.165, 1.54) is 17.4 Å². The summed E-state index contributed by atoms with van der Waals surface area (Å²) >= 11 is 1.46. The number of nitrogens with one attached hydrogen (secondary N) is 3. The Hall–Kier alpha value is -3.92. The summed E-state index contributed by atoms with van der Waals surface area (Å²) < 4.78 is 14.3. The van der Waals surface area contributed by atoms with Gasteiger partial charge in [-0.25, -0.2) is 14.4 Å². The average Bonchev–Trinajstić information content (AvgIpc) is 3.24. The highest BCUT2D eigenvalue weighted by Gasteiger charge is 2.18. The maximum absolute atomic E-state index is 13.6. The molecule has 0 radical (unpaired) electrons. The summed E-state index contributed by atoms with van der Waals surface area (Å²) in [6, 6.07) is 10.3. The average molecular weight is 507 g/mol. The molecular weight excluding hydrogens is 479 g/mol. The Morgan fingerprint density at radius 2 is 1.83 bits per heavy atom. The van der Waals surface area contributed by atoms with Crippen LogP contribution in [0.15, 0.2) is 48.8 Å². The number of fused-ring (bicyclic) bond motifs is 1. The molecule has 0 saturated carbocycles. The fourth-order valence-electron chi connectivity index (χ4n) is 3.70. The number of rotatable bonds is 9. The zero-order valence-electron chi connectivity index (χ0n) is 20.3. The zero-order valence-corrected chi connectivity index (χ0v) is 21.1. The number of hydrogen-bond acceptors (Lipinski definition) is 7. The van der Waals surface area contributed by atoms with E-state index >= 15 is 0 Å². The Morgan fingerprint density at radius 1 is 1.06 bits per heavy atom. The van der Waals surface area contributed by atoms with Gasteiger partial charge in [0.2, 0.25) is 5.95 Å². The van der Waals surface area contributed by atoms with Gasteiger partial charge in [0.05, 0.1) is 22.5 Å². The summed E-state index contributed by atoms with van der Waals surface area (Å²) in [6.45, 7) is 6.65. The monoisotopic (exact) mass is 506 g/mol. The molecule has 0 saturated heterocycles. The van der Waals surface area contributed by atoms with Crippen LogP contribution in [0.4, 0.5) is 10.3 Å². The Balaban J connectivity index is 1.46. The van der Waals surface area contributed by atoms with Crippen molar-refractivity contribution in [2.45, 2.75) is 33.2 Å². The molecule has 1 atom stereocenters. The standard InChI is InChI=1S/C26H27FN6O2S/c1-4-29-24(34)18-7-5-17(6-8-18)9-10-30-25(35)22-23-21(11-15(2)36-23)32-26(33-22)31-16(3)19-12-20(27)14-28-13-19/h5-8,11-14,16H,4,9-10H2,1-3H3,(H,29,34)(H,30,35)(H,31,32,33)/t16-/m0/s1. The molecule has 0 aliphatic heterocycles. The van der Waals surface area contributed by atoms with Crippen molar-refractivity contribution in [2.24, 2.45) is 0 Å². The van der Waals surface area contributed by atoms with Crippen LogP contribution < -0.4 is 16.0 Å². The number of hydrogen-bond donors (Lipinski definition) is 3. The number of benzene rings is 1. The summed E-state index contributed by atoms with van der Waals surface area (Å²) in [5.41, 5.74) is 3.21. The van der Waals surface area contributed by atoms with Gasteiger partial charge in [-0.3, -0.25) is 14.6 Å². The number of aromatic nitrogens is 3. The molecule has 2 amide bonds. The highest BCUT2D eigenvalue weighted by Crippen LogP contribution is 2.28. The zero-order chi connectivity index (χ0) is 25.7. The van der Waals surface area contributed by atoms with Gasteiger partial charge < -0.3 is 16.0 Å². The molecule has 4 rings (SSSR count). The first-order chi connectivity index (χ1) is 17.3. The molecule has 0 aliphatic carbocycles. The number of halogens is 1. The van der Waals surface area contributed by atoms with Crippen molar-refractivity contribution in [1.82, 2.24) is 25.6 Å². The van der Waals surface area contributed by atoms with E-state index < -0.39 is 5.82 Å². The third-order valence-electron chi connectivity index (χ3n) is 5.53. The molecule has 8 nitrogen and oxygen atoms in total. The van der Waals surface area contributed by atoms with Crippen LogP contribution in [0, 0.1) is 12.7 Å². The van der Waals surface area contributed by atoms with E-state index in [1.807, 2.05) is 39.0 Å². The summed E-state index contributed by atoms with van der Waals surface area (Å²) in [4.78, 5) is 38.9.